The number of sulfonamides is 1. The lowest BCUT2D eigenvalue weighted by Crippen LogP contribution is -2.44. The number of aryl methyl sites for hydroxylation is 1. The highest BCUT2D eigenvalue weighted by Gasteiger charge is 2.39. The number of hydrogen-bond acceptors (Lipinski definition) is 7. The Bertz CT molecular complexity index is 986. The summed E-state index contributed by atoms with van der Waals surface area (Å²) in [5.41, 5.74) is 1.38. The van der Waals surface area contributed by atoms with Crippen LogP contribution in [0.2, 0.25) is 0 Å². The van der Waals surface area contributed by atoms with E-state index < -0.39 is 16.0 Å². The normalized spacial score (nSPS) is 19.7. The summed E-state index contributed by atoms with van der Waals surface area (Å²) in [6.45, 7) is 4.13. The van der Waals surface area contributed by atoms with Crippen LogP contribution in [0.4, 0.5) is 15.9 Å². The van der Waals surface area contributed by atoms with E-state index in [1.807, 2.05) is 21.0 Å². The quantitative estimate of drug-likeness (QED) is 0.681. The minimum absolute atomic E-state index is 0.0957. The van der Waals surface area contributed by atoms with Gasteiger partial charge < -0.3 is 14.5 Å². The van der Waals surface area contributed by atoms with Crippen LogP contribution >= 0.6 is 0 Å². The van der Waals surface area contributed by atoms with E-state index >= 15 is 0 Å². The molecule has 3 heterocycles. The van der Waals surface area contributed by atoms with Crippen molar-refractivity contribution in [3.63, 3.8) is 0 Å². The van der Waals surface area contributed by atoms with Crippen LogP contribution < -0.4 is 9.62 Å². The van der Waals surface area contributed by atoms with Crippen molar-refractivity contribution in [2.24, 2.45) is 0 Å². The summed E-state index contributed by atoms with van der Waals surface area (Å²) in [4.78, 5) is 11.9. The van der Waals surface area contributed by atoms with E-state index in [0.29, 0.717) is 6.54 Å². The summed E-state index contributed by atoms with van der Waals surface area (Å²) in [5, 5.41) is -0.143. The molecule has 2 aromatic heterocycles. The van der Waals surface area contributed by atoms with Gasteiger partial charge in [0, 0.05) is 26.7 Å². The zero-order valence-electron chi connectivity index (χ0n) is 17.0. The van der Waals surface area contributed by atoms with E-state index in [4.69, 9.17) is 4.74 Å². The van der Waals surface area contributed by atoms with Crippen LogP contribution in [0.25, 0.3) is 0 Å². The number of nitrogens with one attached hydrogen (secondary N) is 1. The third-order valence-electron chi connectivity index (χ3n) is 4.98. The topological polar surface area (TPSA) is 87.7 Å². The van der Waals surface area contributed by atoms with Gasteiger partial charge in [0.2, 0.25) is 5.95 Å². The molecule has 1 atom stereocenters. The maximum Gasteiger partial charge on any atom is 0.280 e. The number of hydrogen-bond donors (Lipinski definition) is 1. The fourth-order valence-electron chi connectivity index (χ4n) is 3.64. The van der Waals surface area contributed by atoms with Gasteiger partial charge in [-0.3, -0.25) is 4.72 Å². The first-order valence-corrected chi connectivity index (χ1v) is 10.7. The van der Waals surface area contributed by atoms with Crippen molar-refractivity contribution in [3.05, 3.63) is 42.0 Å². The zero-order valence-corrected chi connectivity index (χ0v) is 17.8. The molecule has 0 bridgehead atoms. The highest BCUT2D eigenvalue weighted by atomic mass is 32.2. The molecule has 2 aromatic rings. The van der Waals surface area contributed by atoms with E-state index in [0.717, 1.165) is 36.8 Å². The summed E-state index contributed by atoms with van der Waals surface area (Å²) in [5.74, 6) is -0.861. The number of anilines is 2. The van der Waals surface area contributed by atoms with Crippen LogP contribution in [0, 0.1) is 12.9 Å². The van der Waals surface area contributed by atoms with Gasteiger partial charge in [-0.1, -0.05) is 6.07 Å². The van der Waals surface area contributed by atoms with E-state index in [1.54, 1.807) is 13.3 Å². The molecular weight excluding hydrogens is 397 g/mol. The van der Waals surface area contributed by atoms with E-state index in [2.05, 4.69) is 24.5 Å². The predicted octanol–water partition coefficient (Wildman–Crippen LogP) is 1.88. The molecule has 0 radical (unpaired) electrons. The number of pyridine rings is 2. The van der Waals surface area contributed by atoms with Gasteiger partial charge in [-0.2, -0.15) is 12.8 Å². The Kier molecular flexibility index (Phi) is 6.06. The Hall–Kier alpha value is -2.30. The first-order valence-electron chi connectivity index (χ1n) is 9.21. The Morgan fingerprint density at radius 2 is 2.14 bits per heavy atom. The minimum Gasteiger partial charge on any atom is -0.375 e. The minimum atomic E-state index is -3.98. The second-order valence-corrected chi connectivity index (χ2v) is 9.19. The molecule has 158 valence electrons. The molecule has 29 heavy (non-hydrogen) atoms. The second kappa shape index (κ2) is 8.21. The average molecular weight is 424 g/mol. The third kappa shape index (κ3) is 4.82. The Morgan fingerprint density at radius 1 is 1.38 bits per heavy atom. The molecule has 1 N–H and O–H groups in total. The second-order valence-electron chi connectivity index (χ2n) is 7.56. The molecule has 1 fully saturated rings. The number of methoxy groups -OCH3 is 1. The highest BCUT2D eigenvalue weighted by Crippen LogP contribution is 2.32. The lowest BCUT2D eigenvalue weighted by Gasteiger charge is -2.31. The predicted molar refractivity (Wildman–Crippen MR) is 109 cm³/mol. The number of rotatable bonds is 7. The molecule has 0 aliphatic carbocycles. The molecule has 8 nitrogen and oxygen atoms in total. The van der Waals surface area contributed by atoms with Crippen molar-refractivity contribution in [3.8, 4) is 0 Å². The molecule has 0 saturated carbocycles. The average Bonchev–Trinajstić information content (AvgIpc) is 3.05. The molecule has 3 rings (SSSR count). The smallest absolute Gasteiger partial charge is 0.280 e. The Balaban J connectivity index is 1.80. The van der Waals surface area contributed by atoms with Crippen molar-refractivity contribution < 1.29 is 17.5 Å². The van der Waals surface area contributed by atoms with Gasteiger partial charge in [0.15, 0.2) is 5.03 Å². The molecule has 10 heteroatoms. The summed E-state index contributed by atoms with van der Waals surface area (Å²) in [6.07, 6.45) is 2.43. The highest BCUT2D eigenvalue weighted by molar-refractivity contribution is 7.92. The lowest BCUT2D eigenvalue weighted by atomic mass is 10.0. The van der Waals surface area contributed by atoms with Crippen molar-refractivity contribution in [2.75, 3.05) is 50.5 Å². The Labute approximate surface area is 170 Å². The van der Waals surface area contributed by atoms with Gasteiger partial charge in [0.05, 0.1) is 17.5 Å². The van der Waals surface area contributed by atoms with Crippen molar-refractivity contribution >= 4 is 21.5 Å². The monoisotopic (exact) mass is 423 g/mol. The first-order chi connectivity index (χ1) is 13.6. The van der Waals surface area contributed by atoms with Crippen LogP contribution in [0.1, 0.15) is 12.0 Å². The van der Waals surface area contributed by atoms with E-state index in [9.17, 15) is 12.8 Å². The van der Waals surface area contributed by atoms with Crippen LogP contribution in [0.15, 0.2) is 35.5 Å². The number of likely N-dealkylation sites (N-methyl/N-ethyl adjacent to an activating group) is 1. The molecule has 1 aliphatic heterocycles. The fourth-order valence-corrected chi connectivity index (χ4v) is 4.66. The van der Waals surface area contributed by atoms with Gasteiger partial charge in [-0.15, -0.1) is 0 Å². The third-order valence-corrected chi connectivity index (χ3v) is 6.23. The molecule has 1 aliphatic rings. The van der Waals surface area contributed by atoms with Crippen LogP contribution in [0.3, 0.4) is 0 Å². The van der Waals surface area contributed by atoms with Gasteiger partial charge in [0.1, 0.15) is 5.82 Å². The standard InChI is InChI=1S/C19H26FN5O3S/c1-14-10-18(29(26,27)23-17-7-5-6-16(20)22-17)21-11-15(14)25-9-8-19(13-25,28-4)12-24(2)3/h5-7,10-11H,8-9,12-13H2,1-4H3,(H,22,23). The van der Waals surface area contributed by atoms with Gasteiger partial charge in [-0.25, -0.2) is 9.97 Å². The lowest BCUT2D eigenvalue weighted by molar-refractivity contribution is -0.0100. The van der Waals surface area contributed by atoms with Crippen LogP contribution in [0.5, 0.6) is 0 Å². The maximum absolute atomic E-state index is 13.2. The summed E-state index contributed by atoms with van der Waals surface area (Å²) < 4.78 is 46.5. The number of aromatic nitrogens is 2. The van der Waals surface area contributed by atoms with Crippen LogP contribution in [-0.4, -0.2) is 69.7 Å². The summed E-state index contributed by atoms with van der Waals surface area (Å²) >= 11 is 0. The van der Waals surface area contributed by atoms with Gasteiger partial charge in [0.25, 0.3) is 10.0 Å². The fraction of sp³-hybridized carbons (Fsp3) is 0.474. The first kappa shape index (κ1) is 21.4. The maximum atomic E-state index is 13.2. The zero-order chi connectivity index (χ0) is 21.2. The number of ether oxygens (including phenoxy) is 1. The van der Waals surface area contributed by atoms with Crippen LogP contribution in [-0.2, 0) is 14.8 Å². The van der Waals surface area contributed by atoms with Crippen molar-refractivity contribution in [2.45, 2.75) is 24.0 Å². The van der Waals surface area contributed by atoms with Gasteiger partial charge in [-0.05, 0) is 51.2 Å². The molecule has 0 aromatic carbocycles. The molecule has 0 amide bonds. The molecule has 1 unspecified atom stereocenters. The molecular formula is C19H26FN5O3S. The Morgan fingerprint density at radius 3 is 2.76 bits per heavy atom. The van der Waals surface area contributed by atoms with Gasteiger partial charge >= 0.3 is 0 Å². The van der Waals surface area contributed by atoms with E-state index in [-0.39, 0.29) is 16.4 Å². The molecule has 0 spiro atoms. The van der Waals surface area contributed by atoms with E-state index in [1.165, 1.54) is 18.2 Å². The van der Waals surface area contributed by atoms with Crippen molar-refractivity contribution in [1.82, 2.24) is 14.9 Å². The molecule has 1 saturated heterocycles. The summed E-state index contributed by atoms with van der Waals surface area (Å²) in [7, 11) is 1.77. The number of halogens is 1. The number of nitrogens with zero attached hydrogens (tertiary/aromatic N) is 4. The SMILES string of the molecule is COC1(CN(C)C)CCN(c2cnc(S(=O)(=O)Nc3cccc(F)n3)cc2C)C1. The largest absolute Gasteiger partial charge is 0.375 e. The van der Waals surface area contributed by atoms with Crippen molar-refractivity contribution in [1.29, 1.82) is 0 Å². The summed E-state index contributed by atoms with van der Waals surface area (Å²) in [6, 6.07) is 5.41.